The third-order valence-electron chi connectivity index (χ3n) is 3.03. The summed E-state index contributed by atoms with van der Waals surface area (Å²) in [5, 5.41) is 5.60. The van der Waals surface area contributed by atoms with E-state index in [2.05, 4.69) is 33.2 Å². The summed E-state index contributed by atoms with van der Waals surface area (Å²) in [4.78, 5) is 23.6. The molecule has 5 heteroatoms. The van der Waals surface area contributed by atoms with E-state index in [9.17, 15) is 9.59 Å². The third-order valence-corrected chi connectivity index (χ3v) is 3.97. The highest BCUT2D eigenvalue weighted by atomic mass is 127. The number of benzene rings is 2. The molecule has 2 aromatic carbocycles. The van der Waals surface area contributed by atoms with Crippen molar-refractivity contribution in [1.82, 2.24) is 5.32 Å². The Kier molecular flexibility index (Phi) is 6.39. The maximum absolute atomic E-state index is 11.8. The highest BCUT2D eigenvalue weighted by Crippen LogP contribution is 2.16. The summed E-state index contributed by atoms with van der Waals surface area (Å²) in [5.74, 6) is -0.183. The lowest BCUT2D eigenvalue weighted by atomic mass is 10.1. The van der Waals surface area contributed by atoms with Crippen molar-refractivity contribution < 1.29 is 9.59 Å². The monoisotopic (exact) mass is 408 g/mol. The lowest BCUT2D eigenvalue weighted by Gasteiger charge is -2.08. The summed E-state index contributed by atoms with van der Waals surface area (Å²) >= 11 is 2.17. The number of rotatable bonds is 6. The Morgan fingerprint density at radius 3 is 2.32 bits per heavy atom. The molecule has 0 atom stereocenters. The molecule has 2 amide bonds. The van der Waals surface area contributed by atoms with Crippen molar-refractivity contribution in [2.45, 2.75) is 12.8 Å². The van der Waals surface area contributed by atoms with Crippen molar-refractivity contribution in [1.29, 1.82) is 0 Å². The number of hydrogen-bond donors (Lipinski definition) is 2. The van der Waals surface area contributed by atoms with Gasteiger partial charge in [0.15, 0.2) is 0 Å². The third kappa shape index (κ3) is 5.48. The van der Waals surface area contributed by atoms with Gasteiger partial charge in [0.25, 0.3) is 0 Å². The van der Waals surface area contributed by atoms with Gasteiger partial charge in [0.05, 0.1) is 12.1 Å². The predicted molar refractivity (Wildman–Crippen MR) is 95.6 cm³/mol. The van der Waals surface area contributed by atoms with Crippen LogP contribution in [-0.4, -0.2) is 18.4 Å². The molecule has 0 bridgehead atoms. The topological polar surface area (TPSA) is 58.2 Å². The molecule has 0 unspecified atom stereocenters. The molecule has 0 heterocycles. The first kappa shape index (κ1) is 16.5. The molecule has 0 aliphatic carbocycles. The van der Waals surface area contributed by atoms with E-state index >= 15 is 0 Å². The lowest BCUT2D eigenvalue weighted by molar-refractivity contribution is -0.120. The largest absolute Gasteiger partial charge is 0.355 e. The number of para-hydroxylation sites is 1. The molecule has 0 saturated heterocycles. The molecular formula is C17H17IN2O2. The van der Waals surface area contributed by atoms with Crippen LogP contribution in [0.5, 0.6) is 0 Å². The molecule has 4 nitrogen and oxygen atoms in total. The summed E-state index contributed by atoms with van der Waals surface area (Å²) in [6.45, 7) is 0.334. The van der Waals surface area contributed by atoms with Gasteiger partial charge in [0.2, 0.25) is 11.8 Å². The van der Waals surface area contributed by atoms with Gasteiger partial charge in [0.1, 0.15) is 0 Å². The van der Waals surface area contributed by atoms with E-state index < -0.39 is 0 Å². The average Bonchev–Trinajstić information content (AvgIpc) is 2.50. The number of carbonyl (C=O) groups excluding carboxylic acids is 2. The molecule has 2 N–H and O–H groups in total. The van der Waals surface area contributed by atoms with Crippen molar-refractivity contribution >= 4 is 40.1 Å². The molecule has 0 radical (unpaired) electrons. The fourth-order valence-corrected chi connectivity index (χ4v) is 2.46. The number of halogens is 1. The van der Waals surface area contributed by atoms with Gasteiger partial charge in [-0.3, -0.25) is 9.59 Å². The quantitative estimate of drug-likeness (QED) is 0.723. The summed E-state index contributed by atoms with van der Waals surface area (Å²) in [6.07, 6.45) is 0.588. The molecular weight excluding hydrogens is 391 g/mol. The second-order valence-corrected chi connectivity index (χ2v) is 5.95. The van der Waals surface area contributed by atoms with Crippen LogP contribution >= 0.6 is 22.6 Å². The van der Waals surface area contributed by atoms with Crippen LogP contribution in [-0.2, 0) is 16.0 Å². The zero-order chi connectivity index (χ0) is 15.8. The molecule has 0 spiro atoms. The number of carbonyl (C=O) groups is 2. The maximum Gasteiger partial charge on any atom is 0.226 e. The van der Waals surface area contributed by atoms with Crippen LogP contribution < -0.4 is 10.6 Å². The van der Waals surface area contributed by atoms with Crippen molar-refractivity contribution in [2.75, 3.05) is 11.9 Å². The van der Waals surface area contributed by atoms with E-state index in [0.29, 0.717) is 13.0 Å². The van der Waals surface area contributed by atoms with E-state index in [0.717, 1.165) is 14.8 Å². The fraction of sp³-hybridized carbons (Fsp3) is 0.176. The Bertz CT molecular complexity index is 644. The molecule has 0 aromatic heterocycles. The van der Waals surface area contributed by atoms with Crippen LogP contribution in [0, 0.1) is 3.57 Å². The number of nitrogens with one attached hydrogen (secondary N) is 2. The zero-order valence-corrected chi connectivity index (χ0v) is 14.2. The van der Waals surface area contributed by atoms with E-state index in [1.165, 1.54) is 0 Å². The van der Waals surface area contributed by atoms with E-state index in [1.807, 2.05) is 54.6 Å². The lowest BCUT2D eigenvalue weighted by Crippen LogP contribution is -2.28. The number of anilines is 1. The van der Waals surface area contributed by atoms with E-state index in [-0.39, 0.29) is 18.2 Å². The van der Waals surface area contributed by atoms with Crippen molar-refractivity contribution in [3.8, 4) is 0 Å². The summed E-state index contributed by atoms with van der Waals surface area (Å²) in [7, 11) is 0. The number of amides is 2. The first-order chi connectivity index (χ1) is 10.6. The van der Waals surface area contributed by atoms with Crippen LogP contribution in [0.1, 0.15) is 12.0 Å². The van der Waals surface area contributed by atoms with Crippen LogP contribution in [0.25, 0.3) is 0 Å². The van der Waals surface area contributed by atoms with Gasteiger partial charge in [-0.05, 0) is 40.3 Å². The van der Waals surface area contributed by atoms with Crippen LogP contribution in [0.3, 0.4) is 0 Å². The summed E-state index contributed by atoms with van der Waals surface area (Å²) in [6, 6.07) is 17.1. The van der Waals surface area contributed by atoms with Crippen LogP contribution in [0.2, 0.25) is 0 Å². The normalized spacial score (nSPS) is 10.0. The molecule has 0 aliphatic heterocycles. The second kappa shape index (κ2) is 8.53. The van der Waals surface area contributed by atoms with Gasteiger partial charge in [-0.15, -0.1) is 0 Å². The predicted octanol–water partition coefficient (Wildman–Crippen LogP) is 2.98. The van der Waals surface area contributed by atoms with Gasteiger partial charge in [-0.25, -0.2) is 0 Å². The van der Waals surface area contributed by atoms with Crippen molar-refractivity contribution in [3.63, 3.8) is 0 Å². The second-order valence-electron chi connectivity index (χ2n) is 4.79. The summed E-state index contributed by atoms with van der Waals surface area (Å²) in [5.41, 5.74) is 1.76. The molecule has 114 valence electrons. The highest BCUT2D eigenvalue weighted by molar-refractivity contribution is 14.1. The molecule has 22 heavy (non-hydrogen) atoms. The molecule has 0 saturated carbocycles. The Hall–Kier alpha value is -1.89. The zero-order valence-electron chi connectivity index (χ0n) is 12.0. The van der Waals surface area contributed by atoms with Crippen LogP contribution in [0.15, 0.2) is 54.6 Å². The van der Waals surface area contributed by atoms with Gasteiger partial charge in [-0.2, -0.15) is 0 Å². The Morgan fingerprint density at radius 1 is 0.909 bits per heavy atom. The number of hydrogen-bond acceptors (Lipinski definition) is 2. The molecule has 0 aliphatic rings. The Labute approximate surface area is 143 Å². The minimum atomic E-state index is -0.107. The molecule has 0 fully saturated rings. The highest BCUT2D eigenvalue weighted by Gasteiger charge is 2.07. The van der Waals surface area contributed by atoms with Crippen LogP contribution in [0.4, 0.5) is 5.69 Å². The minimum Gasteiger partial charge on any atom is -0.355 e. The standard InChI is InChI=1S/C17H17IN2O2/c18-14-8-4-5-9-15(14)20-16(21)10-11-19-17(22)12-13-6-2-1-3-7-13/h1-9H,10-12H2,(H,19,22)(H,20,21). The first-order valence-corrected chi connectivity index (χ1v) is 8.08. The van der Waals surface area contributed by atoms with Gasteiger partial charge >= 0.3 is 0 Å². The average molecular weight is 408 g/mol. The SMILES string of the molecule is O=C(Cc1ccccc1)NCCC(=O)Nc1ccccc1I. The van der Waals surface area contributed by atoms with E-state index in [1.54, 1.807) is 0 Å². The summed E-state index contributed by atoms with van der Waals surface area (Å²) < 4.78 is 0.988. The van der Waals surface area contributed by atoms with Gasteiger partial charge < -0.3 is 10.6 Å². The van der Waals surface area contributed by atoms with Crippen molar-refractivity contribution in [3.05, 3.63) is 63.7 Å². The maximum atomic E-state index is 11.8. The molecule has 2 rings (SSSR count). The Morgan fingerprint density at radius 2 is 1.59 bits per heavy atom. The van der Waals surface area contributed by atoms with Gasteiger partial charge in [0, 0.05) is 16.5 Å². The molecule has 2 aromatic rings. The smallest absolute Gasteiger partial charge is 0.226 e. The Balaban J connectivity index is 1.71. The van der Waals surface area contributed by atoms with E-state index in [4.69, 9.17) is 0 Å². The first-order valence-electron chi connectivity index (χ1n) is 7.00. The van der Waals surface area contributed by atoms with Gasteiger partial charge in [-0.1, -0.05) is 42.5 Å². The van der Waals surface area contributed by atoms with Crippen molar-refractivity contribution in [2.24, 2.45) is 0 Å². The fourth-order valence-electron chi connectivity index (χ4n) is 1.93. The minimum absolute atomic E-state index is 0.0757.